The first-order valence-corrected chi connectivity index (χ1v) is 10.2. The predicted molar refractivity (Wildman–Crippen MR) is 99.3 cm³/mol. The van der Waals surface area contributed by atoms with Gasteiger partial charge in [-0.05, 0) is 91.2 Å². The monoisotopic (exact) mass is 380 g/mol. The van der Waals surface area contributed by atoms with Gasteiger partial charge in [0.2, 0.25) is 0 Å². The van der Waals surface area contributed by atoms with Crippen LogP contribution in [0.25, 0.3) is 0 Å². The zero-order valence-electron chi connectivity index (χ0n) is 15.5. The lowest BCUT2D eigenvalue weighted by Gasteiger charge is -2.58. The summed E-state index contributed by atoms with van der Waals surface area (Å²) in [7, 11) is 0. The molecular formula is C21H29ClO4. The maximum Gasteiger partial charge on any atom is 0.157 e. The summed E-state index contributed by atoms with van der Waals surface area (Å²) >= 11 is 5.62. The highest BCUT2D eigenvalue weighted by atomic mass is 35.5. The Labute approximate surface area is 160 Å². The summed E-state index contributed by atoms with van der Waals surface area (Å²) < 4.78 is 0. The Kier molecular flexibility index (Phi) is 4.21. The topological polar surface area (TPSA) is 80.9 Å². The first kappa shape index (κ1) is 18.6. The first-order valence-electron chi connectivity index (χ1n) is 9.83. The fraction of sp³-hybridized carbons (Fsp3) is 0.810. The molecule has 0 unspecified atom stereocenters. The lowest BCUT2D eigenvalue weighted by atomic mass is 9.46. The van der Waals surface area contributed by atoms with E-state index >= 15 is 0 Å². The second kappa shape index (κ2) is 5.88. The number of aliphatic hydroxyl groups is 4. The van der Waals surface area contributed by atoms with Crippen molar-refractivity contribution in [2.75, 3.05) is 0 Å². The molecule has 0 aromatic heterocycles. The van der Waals surface area contributed by atoms with Gasteiger partial charge in [0.1, 0.15) is 11.9 Å². The fourth-order valence-electron chi connectivity index (χ4n) is 7.15. The Morgan fingerprint density at radius 3 is 2.50 bits per heavy atom. The van der Waals surface area contributed by atoms with Crippen LogP contribution in [-0.2, 0) is 0 Å². The molecular weight excluding hydrogens is 352 g/mol. The SMILES string of the molecule is C[C@]12CC[C@H](O)C(O)=C1CC[C@@H]1[C@@H]2CC[C@@]2(C)[C@H]1C[C@@H](O)[C@@]2(O)C#CCl. The van der Waals surface area contributed by atoms with E-state index in [4.69, 9.17) is 11.6 Å². The molecule has 4 aliphatic carbocycles. The van der Waals surface area contributed by atoms with Crippen LogP contribution in [0.5, 0.6) is 0 Å². The third kappa shape index (κ3) is 2.15. The van der Waals surface area contributed by atoms with Crippen LogP contribution < -0.4 is 0 Å². The molecule has 4 aliphatic rings. The van der Waals surface area contributed by atoms with Gasteiger partial charge < -0.3 is 20.4 Å². The molecule has 144 valence electrons. The Morgan fingerprint density at radius 1 is 1.08 bits per heavy atom. The molecule has 0 radical (unpaired) electrons. The van der Waals surface area contributed by atoms with Crippen molar-refractivity contribution in [1.29, 1.82) is 0 Å². The second-order valence-electron chi connectivity index (χ2n) is 9.44. The van der Waals surface area contributed by atoms with Gasteiger partial charge in [0.25, 0.3) is 0 Å². The molecule has 0 saturated heterocycles. The third-order valence-corrected chi connectivity index (χ3v) is 8.79. The van der Waals surface area contributed by atoms with Crippen molar-refractivity contribution < 1.29 is 20.4 Å². The minimum absolute atomic E-state index is 0.0998. The molecule has 26 heavy (non-hydrogen) atoms. The molecule has 5 heteroatoms. The molecule has 0 aliphatic heterocycles. The maximum absolute atomic E-state index is 11.2. The van der Waals surface area contributed by atoms with Crippen molar-refractivity contribution in [3.8, 4) is 11.3 Å². The number of hydrogen-bond acceptors (Lipinski definition) is 4. The van der Waals surface area contributed by atoms with Gasteiger partial charge in [-0.3, -0.25) is 0 Å². The van der Waals surface area contributed by atoms with E-state index in [0.717, 1.165) is 37.7 Å². The van der Waals surface area contributed by atoms with E-state index in [1.807, 2.05) is 0 Å². The van der Waals surface area contributed by atoms with E-state index in [9.17, 15) is 20.4 Å². The normalized spacial score (nSPS) is 53.2. The molecule has 4 rings (SSSR count). The lowest BCUT2D eigenvalue weighted by Crippen LogP contribution is -2.56. The first-order chi connectivity index (χ1) is 12.2. The quantitative estimate of drug-likeness (QED) is 0.487. The Hall–Kier alpha value is -0.730. The van der Waals surface area contributed by atoms with Crippen LogP contribution in [0.1, 0.15) is 58.8 Å². The van der Waals surface area contributed by atoms with E-state index in [0.29, 0.717) is 24.7 Å². The van der Waals surface area contributed by atoms with Crippen molar-refractivity contribution in [2.45, 2.75) is 76.6 Å². The molecule has 3 fully saturated rings. The van der Waals surface area contributed by atoms with Crippen LogP contribution in [0.2, 0.25) is 0 Å². The van der Waals surface area contributed by atoms with Gasteiger partial charge in [-0.15, -0.1) is 0 Å². The highest BCUT2D eigenvalue weighted by molar-refractivity contribution is 6.30. The molecule has 0 aromatic carbocycles. The van der Waals surface area contributed by atoms with E-state index in [1.165, 1.54) is 0 Å². The molecule has 0 amide bonds. The maximum atomic E-state index is 11.2. The molecule has 4 nitrogen and oxygen atoms in total. The fourth-order valence-corrected chi connectivity index (χ4v) is 7.29. The van der Waals surface area contributed by atoms with E-state index in [-0.39, 0.29) is 17.1 Å². The summed E-state index contributed by atoms with van der Waals surface area (Å²) in [5.74, 6) is 3.89. The summed E-state index contributed by atoms with van der Waals surface area (Å²) in [5.41, 5.74) is -0.983. The van der Waals surface area contributed by atoms with Gasteiger partial charge in [-0.2, -0.15) is 0 Å². The lowest BCUT2D eigenvalue weighted by molar-refractivity contribution is -0.122. The minimum atomic E-state index is -1.45. The van der Waals surface area contributed by atoms with Crippen molar-refractivity contribution >= 4 is 11.6 Å². The Bertz CT molecular complexity index is 709. The number of fused-ring (bicyclic) bond motifs is 5. The number of aliphatic hydroxyl groups excluding tert-OH is 3. The van der Waals surface area contributed by atoms with Crippen molar-refractivity contribution in [3.63, 3.8) is 0 Å². The van der Waals surface area contributed by atoms with Gasteiger partial charge in [0.15, 0.2) is 5.60 Å². The average molecular weight is 381 g/mol. The van der Waals surface area contributed by atoms with E-state index < -0.39 is 23.2 Å². The zero-order valence-corrected chi connectivity index (χ0v) is 16.3. The van der Waals surface area contributed by atoms with Gasteiger partial charge >= 0.3 is 0 Å². The highest BCUT2D eigenvalue weighted by Gasteiger charge is 2.67. The van der Waals surface area contributed by atoms with Gasteiger partial charge in [-0.1, -0.05) is 13.8 Å². The number of hydrogen-bond donors (Lipinski definition) is 4. The van der Waals surface area contributed by atoms with Crippen LogP contribution in [0.15, 0.2) is 11.3 Å². The molecule has 3 saturated carbocycles. The predicted octanol–water partition coefficient (Wildman–Crippen LogP) is 3.10. The van der Waals surface area contributed by atoms with Gasteiger partial charge in [0, 0.05) is 10.8 Å². The van der Waals surface area contributed by atoms with Crippen LogP contribution in [0, 0.1) is 39.9 Å². The second-order valence-corrected chi connectivity index (χ2v) is 9.63. The van der Waals surface area contributed by atoms with Crippen molar-refractivity contribution in [1.82, 2.24) is 0 Å². The smallest absolute Gasteiger partial charge is 0.157 e. The van der Waals surface area contributed by atoms with E-state index in [2.05, 4.69) is 25.1 Å². The van der Waals surface area contributed by atoms with Crippen LogP contribution in [0.4, 0.5) is 0 Å². The largest absolute Gasteiger partial charge is 0.510 e. The highest BCUT2D eigenvalue weighted by Crippen LogP contribution is 2.67. The van der Waals surface area contributed by atoms with Gasteiger partial charge in [-0.25, -0.2) is 0 Å². The number of halogens is 1. The molecule has 0 aromatic rings. The zero-order chi connectivity index (χ0) is 18.9. The summed E-state index contributed by atoms with van der Waals surface area (Å²) in [6, 6.07) is 0. The molecule has 4 N–H and O–H groups in total. The molecule has 0 heterocycles. The molecule has 0 spiro atoms. The average Bonchev–Trinajstić information content (AvgIpc) is 2.79. The standard InChI is InChI=1S/C21H29ClO4/c1-19-7-6-16(23)18(25)14(19)4-3-12-13(19)5-8-20(2)15(12)11-17(24)21(20,26)9-10-22/h12-13,15-17,23-26H,3-8,11H2,1-2H3/t12-,13+,15+,16+,17-,19-,20+,21+/m1/s1. The molecule has 0 bridgehead atoms. The Morgan fingerprint density at radius 2 is 1.81 bits per heavy atom. The number of rotatable bonds is 0. The van der Waals surface area contributed by atoms with Crippen LogP contribution in [-0.4, -0.2) is 38.2 Å². The van der Waals surface area contributed by atoms with Gasteiger partial charge in [0.05, 0.1) is 6.10 Å². The Balaban J connectivity index is 1.73. The summed E-state index contributed by atoms with van der Waals surface area (Å²) in [5, 5.41) is 44.7. The molecule has 8 atom stereocenters. The van der Waals surface area contributed by atoms with Crippen LogP contribution in [0.3, 0.4) is 0 Å². The summed E-state index contributed by atoms with van der Waals surface area (Å²) in [6.07, 6.45) is 3.84. The van der Waals surface area contributed by atoms with Crippen molar-refractivity contribution in [2.24, 2.45) is 28.6 Å². The minimum Gasteiger partial charge on any atom is -0.510 e. The summed E-state index contributed by atoms with van der Waals surface area (Å²) in [4.78, 5) is 0. The van der Waals surface area contributed by atoms with Crippen molar-refractivity contribution in [3.05, 3.63) is 11.3 Å². The third-order valence-electron chi connectivity index (χ3n) is 8.69. The summed E-state index contributed by atoms with van der Waals surface area (Å²) in [6.45, 7) is 4.29. The van der Waals surface area contributed by atoms with Crippen LogP contribution >= 0.6 is 11.6 Å². The number of allylic oxidation sites excluding steroid dienone is 1. The van der Waals surface area contributed by atoms with E-state index in [1.54, 1.807) is 0 Å².